The third-order valence-corrected chi connectivity index (χ3v) is 5.97. The number of benzene rings is 2. The highest BCUT2D eigenvalue weighted by Crippen LogP contribution is 2.32. The lowest BCUT2D eigenvalue weighted by Gasteiger charge is -2.19. The fourth-order valence-electron chi connectivity index (χ4n) is 2.89. The Balaban J connectivity index is 2.02. The smallest absolute Gasteiger partial charge is 0.318 e. The van der Waals surface area contributed by atoms with Crippen molar-refractivity contribution in [1.29, 1.82) is 0 Å². The number of thioether (sulfide) groups is 1. The van der Waals surface area contributed by atoms with Crippen molar-refractivity contribution >= 4 is 46.3 Å². The summed E-state index contributed by atoms with van der Waals surface area (Å²) in [4.78, 5) is 28.3. The minimum absolute atomic E-state index is 0.0297. The van der Waals surface area contributed by atoms with Crippen molar-refractivity contribution in [1.82, 2.24) is 14.9 Å². The van der Waals surface area contributed by atoms with Gasteiger partial charge >= 0.3 is 6.03 Å². The molecular weight excluding hydrogens is 396 g/mol. The van der Waals surface area contributed by atoms with Crippen LogP contribution in [0.25, 0.3) is 11.0 Å². The minimum Gasteiger partial charge on any atom is -0.351 e. The van der Waals surface area contributed by atoms with Gasteiger partial charge in [-0.2, -0.15) is 0 Å². The van der Waals surface area contributed by atoms with Crippen molar-refractivity contribution in [3.63, 3.8) is 0 Å². The molecule has 0 saturated carbocycles. The van der Waals surface area contributed by atoms with Gasteiger partial charge in [0.2, 0.25) is 5.91 Å². The zero-order valence-corrected chi connectivity index (χ0v) is 17.1. The van der Waals surface area contributed by atoms with E-state index in [1.54, 1.807) is 6.07 Å². The van der Waals surface area contributed by atoms with E-state index < -0.39 is 17.2 Å². The molecular formula is C20H21ClN4O2S. The highest BCUT2D eigenvalue weighted by atomic mass is 35.5. The Morgan fingerprint density at radius 3 is 2.57 bits per heavy atom. The van der Waals surface area contributed by atoms with Crippen LogP contribution < -0.4 is 11.1 Å². The number of carbonyl (C=O) groups is 2. The fraction of sp³-hybridized carbons (Fsp3) is 0.250. The molecule has 0 aliphatic carbocycles. The van der Waals surface area contributed by atoms with Crippen LogP contribution in [0.4, 0.5) is 4.79 Å². The van der Waals surface area contributed by atoms with Gasteiger partial charge in [0.25, 0.3) is 0 Å². The molecule has 3 aromatic rings. The number of rotatable bonds is 6. The van der Waals surface area contributed by atoms with E-state index in [1.165, 1.54) is 11.8 Å². The topological polar surface area (TPSA) is 90.0 Å². The van der Waals surface area contributed by atoms with Crippen molar-refractivity contribution in [2.75, 3.05) is 0 Å². The van der Waals surface area contributed by atoms with Crippen molar-refractivity contribution in [3.8, 4) is 0 Å². The maximum absolute atomic E-state index is 12.4. The number of hydrogen-bond donors (Lipinski definition) is 2. The maximum atomic E-state index is 12.4. The molecule has 0 saturated heterocycles. The second-order valence-corrected chi connectivity index (χ2v) is 8.28. The monoisotopic (exact) mass is 416 g/mol. The second-order valence-electron chi connectivity index (χ2n) is 6.74. The number of hydrogen-bond acceptors (Lipinski definition) is 4. The van der Waals surface area contributed by atoms with Gasteiger partial charge < -0.3 is 10.3 Å². The van der Waals surface area contributed by atoms with Crippen LogP contribution >= 0.6 is 23.4 Å². The summed E-state index contributed by atoms with van der Waals surface area (Å²) in [5.41, 5.74) is 7.91. The minimum atomic E-state index is -0.860. The standard InChI is InChI=1S/C20H21ClN4O2S/c1-12(2)17(18(26)24-19(22)27)28-20-23-15-10-14(21)8-9-16(15)25(20)11-13-6-4-3-5-7-13/h3-10,12,17H,11H2,1-2H3,(H3,22,24,26,27)/t17-/m0/s1. The lowest BCUT2D eigenvalue weighted by molar-refractivity contribution is -0.120. The first kappa shape index (κ1) is 20.2. The van der Waals surface area contributed by atoms with Crippen LogP contribution in [0.2, 0.25) is 5.02 Å². The van der Waals surface area contributed by atoms with Gasteiger partial charge in [-0.3, -0.25) is 10.1 Å². The van der Waals surface area contributed by atoms with E-state index in [9.17, 15) is 9.59 Å². The molecule has 3 N–H and O–H groups in total. The Labute approximate surface area is 172 Å². The SMILES string of the molecule is CC(C)[C@H](Sc1nc2cc(Cl)ccc2n1Cc1ccccc1)C(=O)NC(N)=O. The predicted octanol–water partition coefficient (Wildman–Crippen LogP) is 4.05. The Hall–Kier alpha value is -2.51. The van der Waals surface area contributed by atoms with Gasteiger partial charge in [0.05, 0.1) is 22.8 Å². The number of fused-ring (bicyclic) bond motifs is 1. The van der Waals surface area contributed by atoms with Crippen LogP contribution in [0, 0.1) is 5.92 Å². The summed E-state index contributed by atoms with van der Waals surface area (Å²) in [7, 11) is 0. The summed E-state index contributed by atoms with van der Waals surface area (Å²) in [5, 5.41) is 2.94. The number of imidazole rings is 1. The lowest BCUT2D eigenvalue weighted by atomic mass is 10.1. The molecule has 6 nitrogen and oxygen atoms in total. The first-order valence-electron chi connectivity index (χ1n) is 8.82. The van der Waals surface area contributed by atoms with Gasteiger partial charge in [-0.25, -0.2) is 9.78 Å². The van der Waals surface area contributed by atoms with Gasteiger partial charge in [-0.15, -0.1) is 0 Å². The molecule has 1 atom stereocenters. The van der Waals surface area contributed by atoms with Crippen LogP contribution in [0.15, 0.2) is 53.7 Å². The molecule has 0 aliphatic heterocycles. The summed E-state index contributed by atoms with van der Waals surface area (Å²) in [5.74, 6) is -0.457. The summed E-state index contributed by atoms with van der Waals surface area (Å²) < 4.78 is 2.05. The number of imide groups is 1. The largest absolute Gasteiger partial charge is 0.351 e. The van der Waals surface area contributed by atoms with Crippen LogP contribution in [-0.2, 0) is 11.3 Å². The van der Waals surface area contributed by atoms with E-state index in [2.05, 4.69) is 9.88 Å². The summed E-state index contributed by atoms with van der Waals surface area (Å²) >= 11 is 7.45. The van der Waals surface area contributed by atoms with Crippen molar-refractivity contribution in [3.05, 3.63) is 59.1 Å². The molecule has 0 spiro atoms. The van der Waals surface area contributed by atoms with Crippen LogP contribution in [0.5, 0.6) is 0 Å². The molecule has 3 amide bonds. The van der Waals surface area contributed by atoms with Gasteiger partial charge in [0.15, 0.2) is 5.16 Å². The Morgan fingerprint density at radius 1 is 1.21 bits per heavy atom. The molecule has 1 aromatic heterocycles. The molecule has 0 fully saturated rings. The maximum Gasteiger partial charge on any atom is 0.318 e. The summed E-state index contributed by atoms with van der Waals surface area (Å²) in [6.45, 7) is 4.43. The highest BCUT2D eigenvalue weighted by Gasteiger charge is 2.27. The van der Waals surface area contributed by atoms with Crippen molar-refractivity contribution in [2.45, 2.75) is 30.8 Å². The molecule has 0 bridgehead atoms. The molecule has 0 radical (unpaired) electrons. The number of primary amides is 1. The zero-order chi connectivity index (χ0) is 20.3. The van der Waals surface area contributed by atoms with E-state index >= 15 is 0 Å². The first-order valence-corrected chi connectivity index (χ1v) is 10.1. The third kappa shape index (κ3) is 4.66. The van der Waals surface area contributed by atoms with Crippen LogP contribution in [-0.4, -0.2) is 26.7 Å². The van der Waals surface area contributed by atoms with Gasteiger partial charge in [0.1, 0.15) is 0 Å². The van der Waals surface area contributed by atoms with Crippen molar-refractivity contribution < 1.29 is 9.59 Å². The number of nitrogens with one attached hydrogen (secondary N) is 1. The molecule has 28 heavy (non-hydrogen) atoms. The van der Waals surface area contributed by atoms with E-state index in [0.717, 1.165) is 16.6 Å². The average molecular weight is 417 g/mol. The molecule has 0 unspecified atom stereocenters. The number of aromatic nitrogens is 2. The quantitative estimate of drug-likeness (QED) is 0.593. The number of amides is 3. The number of halogens is 1. The number of nitrogens with zero attached hydrogens (tertiary/aromatic N) is 2. The summed E-state index contributed by atoms with van der Waals surface area (Å²) in [6.07, 6.45) is 0. The van der Waals surface area contributed by atoms with Crippen molar-refractivity contribution in [2.24, 2.45) is 11.7 Å². The van der Waals surface area contributed by atoms with Crippen LogP contribution in [0.1, 0.15) is 19.4 Å². The second kappa shape index (κ2) is 8.67. The fourth-order valence-corrected chi connectivity index (χ4v) is 4.16. The third-order valence-electron chi connectivity index (χ3n) is 4.20. The van der Waals surface area contributed by atoms with E-state index in [1.807, 2.05) is 56.3 Å². The average Bonchev–Trinajstić information content (AvgIpc) is 2.96. The molecule has 146 valence electrons. The predicted molar refractivity (Wildman–Crippen MR) is 112 cm³/mol. The van der Waals surface area contributed by atoms with E-state index in [0.29, 0.717) is 16.7 Å². The lowest BCUT2D eigenvalue weighted by Crippen LogP contribution is -2.42. The van der Waals surface area contributed by atoms with Gasteiger partial charge in [-0.05, 0) is 29.7 Å². The number of urea groups is 1. The molecule has 2 aromatic carbocycles. The molecule has 1 heterocycles. The van der Waals surface area contributed by atoms with Crippen LogP contribution in [0.3, 0.4) is 0 Å². The Bertz CT molecular complexity index is 1000. The van der Waals surface area contributed by atoms with E-state index in [4.69, 9.17) is 22.3 Å². The van der Waals surface area contributed by atoms with E-state index in [-0.39, 0.29) is 5.92 Å². The Kier molecular flexibility index (Phi) is 6.26. The van der Waals surface area contributed by atoms with Gasteiger partial charge in [0, 0.05) is 5.02 Å². The molecule has 3 rings (SSSR count). The van der Waals surface area contributed by atoms with Gasteiger partial charge in [-0.1, -0.05) is 67.5 Å². The molecule has 0 aliphatic rings. The zero-order valence-electron chi connectivity index (χ0n) is 15.6. The Morgan fingerprint density at radius 2 is 1.93 bits per heavy atom. The number of nitrogens with two attached hydrogens (primary N) is 1. The number of carbonyl (C=O) groups excluding carboxylic acids is 2. The first-order chi connectivity index (χ1) is 13.3. The summed E-state index contributed by atoms with van der Waals surface area (Å²) in [6, 6.07) is 14.7. The highest BCUT2D eigenvalue weighted by molar-refractivity contribution is 8.00. The molecule has 8 heteroatoms. The normalized spacial score (nSPS) is 12.3.